The fourth-order valence-corrected chi connectivity index (χ4v) is 10.3. The molecule has 1 aliphatic heterocycles. The molecule has 0 aliphatic carbocycles. The molecule has 1 aliphatic rings. The molecule has 0 fully saturated rings. The third-order valence-electron chi connectivity index (χ3n) is 13.9. The molecule has 1 aromatic heterocycles. The lowest BCUT2D eigenvalue weighted by molar-refractivity contribution is 0.669. The fraction of sp³-hybridized carbons (Fsp3) is 0.0462. The lowest BCUT2D eigenvalue weighted by Crippen LogP contribution is -2.10. The molecule has 3 heteroatoms. The van der Waals surface area contributed by atoms with Crippen LogP contribution in [0.2, 0.25) is 0 Å². The maximum Gasteiger partial charge on any atom is 0.160 e. The maximum absolute atomic E-state index is 6.58. The molecule has 0 spiro atoms. The van der Waals surface area contributed by atoms with Crippen LogP contribution in [-0.2, 0) is 0 Å². The van der Waals surface area contributed by atoms with E-state index in [-0.39, 0.29) is 0 Å². The highest BCUT2D eigenvalue weighted by molar-refractivity contribution is 6.17. The zero-order valence-electron chi connectivity index (χ0n) is 37.6. The molecule has 13 rings (SSSR count). The molecule has 0 unspecified atom stereocenters. The van der Waals surface area contributed by atoms with E-state index in [0.29, 0.717) is 5.84 Å². The normalized spacial score (nSPS) is 16.0. The number of amidine groups is 1. The third-order valence-corrected chi connectivity index (χ3v) is 13.9. The Kier molecular flexibility index (Phi) is 9.54. The number of benzene rings is 11. The highest BCUT2D eigenvalue weighted by Gasteiger charge is 2.19. The van der Waals surface area contributed by atoms with Crippen molar-refractivity contribution in [2.75, 3.05) is 0 Å². The SMILES string of the molecule is C/C1=C(c2ccc(-c3cccc4ccccc34)cc2)/N=C(c2ccc3cc(-c4cc(-c5ccc6ccccc6c5)cc5oc6ccccc6c45)ccc3c2)\N=C(\c2ccc3ccccc3c2)CC1. The minimum Gasteiger partial charge on any atom is -0.456 e. The van der Waals surface area contributed by atoms with Crippen molar-refractivity contribution in [2.45, 2.75) is 19.8 Å². The van der Waals surface area contributed by atoms with Crippen LogP contribution in [0.25, 0.3) is 104 Å². The van der Waals surface area contributed by atoms with Crippen LogP contribution in [0.5, 0.6) is 0 Å². The van der Waals surface area contributed by atoms with E-state index in [4.69, 9.17) is 14.4 Å². The Balaban J connectivity index is 0.927. The van der Waals surface area contributed by atoms with E-state index in [2.05, 4.69) is 225 Å². The molecule has 11 aromatic carbocycles. The van der Waals surface area contributed by atoms with E-state index < -0.39 is 0 Å². The van der Waals surface area contributed by atoms with Crippen LogP contribution in [0.1, 0.15) is 36.5 Å². The molecule has 3 nitrogen and oxygen atoms in total. The number of hydrogen-bond donors (Lipinski definition) is 0. The summed E-state index contributed by atoms with van der Waals surface area (Å²) in [4.78, 5) is 11.0. The number of furan rings is 1. The number of hydrogen-bond acceptors (Lipinski definition) is 3. The van der Waals surface area contributed by atoms with Gasteiger partial charge in [0.1, 0.15) is 11.2 Å². The van der Waals surface area contributed by atoms with Gasteiger partial charge in [0.25, 0.3) is 0 Å². The van der Waals surface area contributed by atoms with Gasteiger partial charge in [-0.3, -0.25) is 0 Å². The van der Waals surface area contributed by atoms with Gasteiger partial charge >= 0.3 is 0 Å². The summed E-state index contributed by atoms with van der Waals surface area (Å²) < 4.78 is 6.58. The molecule has 0 atom stereocenters. The van der Waals surface area contributed by atoms with E-state index in [9.17, 15) is 0 Å². The second-order valence-corrected chi connectivity index (χ2v) is 18.1. The van der Waals surface area contributed by atoms with Gasteiger partial charge in [0.05, 0.1) is 11.4 Å². The van der Waals surface area contributed by atoms with Crippen molar-refractivity contribution in [3.8, 4) is 33.4 Å². The van der Waals surface area contributed by atoms with E-state index in [1.165, 1.54) is 49.0 Å². The summed E-state index contributed by atoms with van der Waals surface area (Å²) in [5, 5.41) is 11.9. The Morgan fingerprint density at radius 3 is 1.66 bits per heavy atom. The van der Waals surface area contributed by atoms with Crippen molar-refractivity contribution in [3.63, 3.8) is 0 Å². The molecular weight excluding hydrogens is 825 g/mol. The number of para-hydroxylation sites is 1. The molecule has 320 valence electrons. The Hall–Kier alpha value is -8.66. The van der Waals surface area contributed by atoms with Gasteiger partial charge in [-0.25, -0.2) is 9.98 Å². The molecule has 2 heterocycles. The van der Waals surface area contributed by atoms with Crippen molar-refractivity contribution in [1.29, 1.82) is 0 Å². The number of rotatable bonds is 6. The monoisotopic (exact) mass is 868 g/mol. The average molecular weight is 869 g/mol. The summed E-state index contributed by atoms with van der Waals surface area (Å²) >= 11 is 0. The van der Waals surface area contributed by atoms with Crippen LogP contribution >= 0.6 is 0 Å². The standard InChI is InChI=1S/C65H44N2O/c1-41-21-34-60(53-32-23-43-12-3-5-15-48(43)37-53)66-65(67-64(41)46-26-24-45(25-27-46)57-19-10-16-44-13-6-7-17-56(44)57)54-33-30-49-36-52(31-29-50(49)38-54)59-39-55(51-28-22-42-11-2-4-14-47(42)35-51)40-62-63(59)58-18-8-9-20-61(58)68-62/h2-20,22-33,35-40H,21,34H2,1H3/b64-41-,66-60+,67-65-. The molecule has 0 saturated carbocycles. The molecule has 12 aromatic rings. The zero-order chi connectivity index (χ0) is 45.1. The number of aliphatic imine (C=N–C) groups is 2. The summed E-state index contributed by atoms with van der Waals surface area (Å²) in [5.74, 6) is 0.709. The van der Waals surface area contributed by atoms with E-state index >= 15 is 0 Å². The van der Waals surface area contributed by atoms with Crippen LogP contribution in [0.4, 0.5) is 0 Å². The van der Waals surface area contributed by atoms with Gasteiger partial charge in [0.2, 0.25) is 0 Å². The van der Waals surface area contributed by atoms with Crippen LogP contribution in [0.15, 0.2) is 244 Å². The van der Waals surface area contributed by atoms with Gasteiger partial charge in [-0.2, -0.15) is 0 Å². The van der Waals surface area contributed by atoms with Crippen LogP contribution in [0, 0.1) is 0 Å². The van der Waals surface area contributed by atoms with E-state index in [0.717, 1.165) is 95.9 Å². The number of allylic oxidation sites excluding steroid dienone is 1. The molecule has 0 bridgehead atoms. The predicted molar refractivity (Wildman–Crippen MR) is 288 cm³/mol. The second kappa shape index (κ2) is 16.3. The van der Waals surface area contributed by atoms with Gasteiger partial charge in [-0.1, -0.05) is 182 Å². The summed E-state index contributed by atoms with van der Waals surface area (Å²) in [6, 6.07) is 80.9. The molecule has 0 radical (unpaired) electrons. The minimum atomic E-state index is 0.709. The minimum absolute atomic E-state index is 0.709. The lowest BCUT2D eigenvalue weighted by Gasteiger charge is -2.17. The van der Waals surface area contributed by atoms with Crippen molar-refractivity contribution in [2.24, 2.45) is 9.98 Å². The Bertz CT molecular complexity index is 4080. The molecule has 0 saturated heterocycles. The van der Waals surface area contributed by atoms with Gasteiger partial charge in [-0.05, 0) is 150 Å². The average Bonchev–Trinajstić information content (AvgIpc) is 3.78. The highest BCUT2D eigenvalue weighted by Crippen LogP contribution is 2.42. The van der Waals surface area contributed by atoms with Crippen molar-refractivity contribution in [3.05, 3.63) is 247 Å². The Morgan fingerprint density at radius 1 is 0.338 bits per heavy atom. The van der Waals surface area contributed by atoms with Crippen molar-refractivity contribution >= 4 is 82.3 Å². The first-order valence-electron chi connectivity index (χ1n) is 23.5. The van der Waals surface area contributed by atoms with Crippen molar-refractivity contribution in [1.82, 2.24) is 0 Å². The first-order chi connectivity index (χ1) is 33.6. The fourth-order valence-electron chi connectivity index (χ4n) is 10.3. The summed E-state index contributed by atoms with van der Waals surface area (Å²) in [6.45, 7) is 2.23. The van der Waals surface area contributed by atoms with Gasteiger partial charge in [0, 0.05) is 21.9 Å². The first kappa shape index (κ1) is 39.7. The smallest absolute Gasteiger partial charge is 0.160 e. The third kappa shape index (κ3) is 7.08. The van der Waals surface area contributed by atoms with Crippen LogP contribution in [-0.4, -0.2) is 11.5 Å². The summed E-state index contributed by atoms with van der Waals surface area (Å²) in [7, 11) is 0. The Morgan fingerprint density at radius 2 is 0.882 bits per heavy atom. The van der Waals surface area contributed by atoms with E-state index in [1.807, 2.05) is 6.07 Å². The quantitative estimate of drug-likeness (QED) is 0.164. The van der Waals surface area contributed by atoms with Crippen molar-refractivity contribution < 1.29 is 4.42 Å². The lowest BCUT2D eigenvalue weighted by atomic mass is 9.92. The molecule has 0 amide bonds. The van der Waals surface area contributed by atoms with Gasteiger partial charge < -0.3 is 4.42 Å². The highest BCUT2D eigenvalue weighted by atomic mass is 16.3. The maximum atomic E-state index is 6.58. The number of nitrogens with zero attached hydrogens (tertiary/aromatic N) is 2. The molecular formula is C65H44N2O. The zero-order valence-corrected chi connectivity index (χ0v) is 37.6. The van der Waals surface area contributed by atoms with E-state index in [1.54, 1.807) is 0 Å². The first-order valence-corrected chi connectivity index (χ1v) is 23.5. The Labute approximate surface area is 394 Å². The van der Waals surface area contributed by atoms with Crippen LogP contribution in [0.3, 0.4) is 0 Å². The topological polar surface area (TPSA) is 37.9 Å². The summed E-state index contributed by atoms with van der Waals surface area (Å²) in [5.41, 5.74) is 15.2. The van der Waals surface area contributed by atoms with Gasteiger partial charge in [0.15, 0.2) is 5.84 Å². The largest absolute Gasteiger partial charge is 0.456 e. The predicted octanol–water partition coefficient (Wildman–Crippen LogP) is 17.7. The van der Waals surface area contributed by atoms with Gasteiger partial charge in [-0.15, -0.1) is 0 Å². The summed E-state index contributed by atoms with van der Waals surface area (Å²) in [6.07, 6.45) is 1.65. The number of fused-ring (bicyclic) bond motifs is 7. The van der Waals surface area contributed by atoms with Crippen LogP contribution < -0.4 is 0 Å². The molecule has 68 heavy (non-hydrogen) atoms. The molecule has 0 N–H and O–H groups in total. The second-order valence-electron chi connectivity index (χ2n) is 18.1.